The molecule has 4 N–H and O–H groups in total. The van der Waals surface area contributed by atoms with E-state index >= 15 is 0 Å². The first-order valence-corrected chi connectivity index (χ1v) is 7.49. The minimum Gasteiger partial charge on any atom is -0.480 e. The molecule has 0 aliphatic rings. The molecule has 0 saturated carbocycles. The lowest BCUT2D eigenvalue weighted by Crippen LogP contribution is -2.32. The normalized spacial score (nSPS) is 11.9. The van der Waals surface area contributed by atoms with Crippen molar-refractivity contribution in [2.45, 2.75) is 38.1 Å². The molecule has 21 heavy (non-hydrogen) atoms. The molecular weight excluding hydrogens is 292 g/mol. The molecule has 0 fully saturated rings. The van der Waals surface area contributed by atoms with Crippen LogP contribution in [0.25, 0.3) is 0 Å². The van der Waals surface area contributed by atoms with E-state index in [1.54, 1.807) is 24.3 Å². The van der Waals surface area contributed by atoms with Gasteiger partial charge in [0.05, 0.1) is 0 Å². The number of alkyl halides is 1. The Kier molecular flexibility index (Phi) is 7.79. The quantitative estimate of drug-likeness (QED) is 0.482. The van der Waals surface area contributed by atoms with E-state index in [9.17, 15) is 9.59 Å². The minimum atomic E-state index is -1.02. The van der Waals surface area contributed by atoms with Gasteiger partial charge in [-0.25, -0.2) is 0 Å². The number of hydrogen-bond donors (Lipinski definition) is 3. The second kappa shape index (κ2) is 9.37. The summed E-state index contributed by atoms with van der Waals surface area (Å²) in [5.74, 6) is -0.425. The highest BCUT2D eigenvalue weighted by molar-refractivity contribution is 6.17. The van der Waals surface area contributed by atoms with Crippen LogP contribution in [0.4, 0.5) is 5.69 Å². The maximum absolute atomic E-state index is 11.7. The molecule has 1 rings (SSSR count). The summed E-state index contributed by atoms with van der Waals surface area (Å²) in [7, 11) is 0. The zero-order valence-electron chi connectivity index (χ0n) is 11.8. The number of anilines is 1. The topological polar surface area (TPSA) is 92.4 Å². The second-order valence-electron chi connectivity index (χ2n) is 4.89. The maximum atomic E-state index is 11.7. The Morgan fingerprint density at radius 1 is 1.19 bits per heavy atom. The van der Waals surface area contributed by atoms with E-state index in [1.165, 1.54) is 0 Å². The van der Waals surface area contributed by atoms with E-state index in [2.05, 4.69) is 5.32 Å². The first-order chi connectivity index (χ1) is 10.0. The predicted octanol–water partition coefficient (Wildman–Crippen LogP) is 2.38. The largest absolute Gasteiger partial charge is 0.480 e. The first kappa shape index (κ1) is 17.5. The van der Waals surface area contributed by atoms with E-state index in [-0.39, 0.29) is 12.3 Å². The van der Waals surface area contributed by atoms with Crippen LogP contribution in [0.15, 0.2) is 24.3 Å². The Morgan fingerprint density at radius 2 is 1.86 bits per heavy atom. The average molecular weight is 313 g/mol. The molecule has 1 atom stereocenters. The third kappa shape index (κ3) is 7.11. The van der Waals surface area contributed by atoms with Gasteiger partial charge in [-0.3, -0.25) is 9.59 Å². The molecule has 0 bridgehead atoms. The summed E-state index contributed by atoms with van der Waals surface area (Å²) < 4.78 is 0. The van der Waals surface area contributed by atoms with Crippen molar-refractivity contribution in [3.8, 4) is 0 Å². The van der Waals surface area contributed by atoms with Gasteiger partial charge in [0.1, 0.15) is 6.04 Å². The molecule has 5 nitrogen and oxygen atoms in total. The fourth-order valence-corrected chi connectivity index (χ4v) is 2.03. The van der Waals surface area contributed by atoms with Crippen molar-refractivity contribution < 1.29 is 14.7 Å². The van der Waals surface area contributed by atoms with E-state index in [4.69, 9.17) is 22.4 Å². The van der Waals surface area contributed by atoms with Gasteiger partial charge in [0.2, 0.25) is 5.91 Å². The Labute approximate surface area is 129 Å². The maximum Gasteiger partial charge on any atom is 0.320 e. The van der Waals surface area contributed by atoms with Crippen LogP contribution >= 0.6 is 11.6 Å². The van der Waals surface area contributed by atoms with Crippen LogP contribution in [0.5, 0.6) is 0 Å². The van der Waals surface area contributed by atoms with Crippen molar-refractivity contribution in [1.29, 1.82) is 0 Å². The number of unbranched alkanes of at least 4 members (excludes halogenated alkanes) is 2. The van der Waals surface area contributed by atoms with Gasteiger partial charge < -0.3 is 16.2 Å². The number of carbonyl (C=O) groups excluding carboxylic acids is 1. The number of carbonyl (C=O) groups is 2. The van der Waals surface area contributed by atoms with Gasteiger partial charge in [-0.05, 0) is 37.0 Å². The number of nitrogens with one attached hydrogen (secondary N) is 1. The zero-order valence-corrected chi connectivity index (χ0v) is 12.6. The second-order valence-corrected chi connectivity index (χ2v) is 5.27. The van der Waals surface area contributed by atoms with Gasteiger partial charge in [-0.15, -0.1) is 11.6 Å². The van der Waals surface area contributed by atoms with Gasteiger partial charge >= 0.3 is 5.97 Å². The summed E-state index contributed by atoms with van der Waals surface area (Å²) in [4.78, 5) is 22.4. The van der Waals surface area contributed by atoms with Crippen molar-refractivity contribution in [2.24, 2.45) is 5.73 Å². The standard InChI is InChI=1S/C15H21ClN2O3/c16-9-3-1-2-4-14(19)18-12-7-5-11(6-8-12)10-13(17)15(20)21/h5-8,13H,1-4,9-10,17H2,(H,18,19)(H,20,21)/t13-/m0/s1. The highest BCUT2D eigenvalue weighted by atomic mass is 35.5. The number of aliphatic carboxylic acids is 1. The molecule has 6 heteroatoms. The summed E-state index contributed by atoms with van der Waals surface area (Å²) >= 11 is 5.57. The summed E-state index contributed by atoms with van der Waals surface area (Å²) in [6.45, 7) is 0. The van der Waals surface area contributed by atoms with Gasteiger partial charge in [-0.2, -0.15) is 0 Å². The third-order valence-electron chi connectivity index (χ3n) is 3.05. The molecule has 0 aromatic heterocycles. The Bertz CT molecular complexity index is 462. The fourth-order valence-electron chi connectivity index (χ4n) is 1.85. The van der Waals surface area contributed by atoms with Crippen LogP contribution in [-0.4, -0.2) is 28.9 Å². The molecule has 1 amide bonds. The molecule has 0 radical (unpaired) electrons. The SMILES string of the molecule is N[C@@H](Cc1ccc(NC(=O)CCCCCCl)cc1)C(=O)O. The van der Waals surface area contributed by atoms with Crippen molar-refractivity contribution in [3.05, 3.63) is 29.8 Å². The number of hydrogen-bond acceptors (Lipinski definition) is 3. The lowest BCUT2D eigenvalue weighted by molar-refractivity contribution is -0.138. The zero-order chi connectivity index (χ0) is 15.7. The number of rotatable bonds is 9. The Morgan fingerprint density at radius 3 is 2.43 bits per heavy atom. The number of carboxylic acid groups (broad SMARTS) is 1. The average Bonchev–Trinajstić information content (AvgIpc) is 2.45. The molecule has 0 heterocycles. The molecule has 0 aliphatic carbocycles. The lowest BCUT2D eigenvalue weighted by Gasteiger charge is -2.08. The van der Waals surface area contributed by atoms with Crippen molar-refractivity contribution in [2.75, 3.05) is 11.2 Å². The smallest absolute Gasteiger partial charge is 0.320 e. The van der Waals surface area contributed by atoms with Crippen LogP contribution < -0.4 is 11.1 Å². The van der Waals surface area contributed by atoms with Crippen molar-refractivity contribution in [3.63, 3.8) is 0 Å². The summed E-state index contributed by atoms with van der Waals surface area (Å²) in [6, 6.07) is 6.13. The molecule has 0 unspecified atom stereocenters. The monoisotopic (exact) mass is 312 g/mol. The third-order valence-corrected chi connectivity index (χ3v) is 3.32. The summed E-state index contributed by atoms with van der Waals surface area (Å²) in [5, 5.41) is 11.5. The van der Waals surface area contributed by atoms with Gasteiger partial charge in [-0.1, -0.05) is 18.6 Å². The Hall–Kier alpha value is -1.59. The molecular formula is C15H21ClN2O3. The fraction of sp³-hybridized carbons (Fsp3) is 0.467. The number of benzene rings is 1. The molecule has 0 spiro atoms. The van der Waals surface area contributed by atoms with E-state index in [0.717, 1.165) is 24.8 Å². The van der Waals surface area contributed by atoms with E-state index in [1.807, 2.05) is 0 Å². The van der Waals surface area contributed by atoms with E-state index in [0.29, 0.717) is 18.0 Å². The van der Waals surface area contributed by atoms with Crippen LogP contribution in [0.3, 0.4) is 0 Å². The number of amides is 1. The Balaban J connectivity index is 2.40. The number of carboxylic acids is 1. The van der Waals surface area contributed by atoms with Gasteiger partial charge in [0.25, 0.3) is 0 Å². The van der Waals surface area contributed by atoms with Crippen molar-refractivity contribution >= 4 is 29.2 Å². The van der Waals surface area contributed by atoms with Gasteiger partial charge in [0, 0.05) is 18.0 Å². The molecule has 1 aromatic rings. The molecule has 0 saturated heterocycles. The van der Waals surface area contributed by atoms with Gasteiger partial charge in [0.15, 0.2) is 0 Å². The highest BCUT2D eigenvalue weighted by Crippen LogP contribution is 2.12. The molecule has 116 valence electrons. The number of halogens is 1. The summed E-state index contributed by atoms with van der Waals surface area (Å²) in [6.07, 6.45) is 3.44. The molecule has 0 aliphatic heterocycles. The van der Waals surface area contributed by atoms with Crippen molar-refractivity contribution in [1.82, 2.24) is 0 Å². The first-order valence-electron chi connectivity index (χ1n) is 6.96. The van der Waals surface area contributed by atoms with Crippen LogP contribution in [0.1, 0.15) is 31.2 Å². The van der Waals surface area contributed by atoms with Crippen LogP contribution in [0.2, 0.25) is 0 Å². The summed E-state index contributed by atoms with van der Waals surface area (Å²) in [5.41, 5.74) is 6.99. The predicted molar refractivity (Wildman–Crippen MR) is 83.6 cm³/mol. The molecule has 1 aromatic carbocycles. The van der Waals surface area contributed by atoms with Crippen LogP contribution in [0, 0.1) is 0 Å². The highest BCUT2D eigenvalue weighted by Gasteiger charge is 2.11. The van der Waals surface area contributed by atoms with Crippen LogP contribution in [-0.2, 0) is 16.0 Å². The number of nitrogens with two attached hydrogens (primary N) is 1. The lowest BCUT2D eigenvalue weighted by atomic mass is 10.1. The van der Waals surface area contributed by atoms with E-state index < -0.39 is 12.0 Å². The minimum absolute atomic E-state index is 0.0282.